The Kier molecular flexibility index (Phi) is 7.94. The lowest BCUT2D eigenvalue weighted by atomic mass is 10.1. The Bertz CT molecular complexity index is 455. The van der Waals surface area contributed by atoms with Crippen LogP contribution in [-0.2, 0) is 4.79 Å². The summed E-state index contributed by atoms with van der Waals surface area (Å²) in [6.45, 7) is 4.11. The Balaban J connectivity index is 2.37. The van der Waals surface area contributed by atoms with E-state index in [-0.39, 0.29) is 12.5 Å². The number of nitrogens with zero attached hydrogens (tertiary/aromatic N) is 1. The third-order valence-electron chi connectivity index (χ3n) is 3.00. The molecule has 1 amide bonds. The molecule has 5 nitrogen and oxygen atoms in total. The van der Waals surface area contributed by atoms with Crippen LogP contribution in [0.25, 0.3) is 0 Å². The molecule has 0 saturated carbocycles. The van der Waals surface area contributed by atoms with Crippen LogP contribution in [0, 0.1) is 0 Å². The van der Waals surface area contributed by atoms with E-state index in [9.17, 15) is 4.79 Å². The van der Waals surface area contributed by atoms with E-state index in [2.05, 4.69) is 17.5 Å². The molecular weight excluding hydrogens is 268 g/mol. The quantitative estimate of drug-likeness (QED) is 0.562. The number of ether oxygens (including phenoxy) is 2. The number of nitrogens with one attached hydrogen (secondary N) is 1. The predicted molar refractivity (Wildman–Crippen MR) is 83.9 cm³/mol. The lowest BCUT2D eigenvalue weighted by Crippen LogP contribution is -2.25. The minimum absolute atomic E-state index is 0.0550. The maximum absolute atomic E-state index is 11.7. The van der Waals surface area contributed by atoms with Crippen molar-refractivity contribution in [2.24, 2.45) is 5.10 Å². The smallest absolute Gasteiger partial charge is 0.277 e. The Morgan fingerprint density at radius 1 is 1.19 bits per heavy atom. The van der Waals surface area contributed by atoms with Crippen molar-refractivity contribution in [1.29, 1.82) is 0 Å². The predicted octanol–water partition coefficient (Wildman–Crippen LogP) is 3.15. The number of carbonyl (C=O) groups is 1. The second-order valence-corrected chi connectivity index (χ2v) is 4.63. The van der Waals surface area contributed by atoms with Crippen LogP contribution in [-0.4, -0.2) is 25.3 Å². The van der Waals surface area contributed by atoms with E-state index in [4.69, 9.17) is 9.47 Å². The molecule has 0 bridgehead atoms. The molecule has 0 saturated heterocycles. The largest absolute Gasteiger partial charge is 0.497 e. The first kappa shape index (κ1) is 17.0. The van der Waals surface area contributed by atoms with Crippen molar-refractivity contribution in [1.82, 2.24) is 5.43 Å². The number of hydrazone groups is 1. The van der Waals surface area contributed by atoms with E-state index < -0.39 is 0 Å². The van der Waals surface area contributed by atoms with Gasteiger partial charge >= 0.3 is 0 Å². The number of amides is 1. The van der Waals surface area contributed by atoms with Crippen molar-refractivity contribution in [3.05, 3.63) is 24.3 Å². The van der Waals surface area contributed by atoms with Gasteiger partial charge in [-0.15, -0.1) is 0 Å². The Morgan fingerprint density at radius 3 is 2.43 bits per heavy atom. The minimum Gasteiger partial charge on any atom is -0.497 e. The zero-order chi connectivity index (χ0) is 15.5. The number of methoxy groups -OCH3 is 1. The molecule has 0 atom stereocenters. The third kappa shape index (κ3) is 6.79. The highest BCUT2D eigenvalue weighted by Gasteiger charge is 2.03. The highest BCUT2D eigenvalue weighted by atomic mass is 16.5. The van der Waals surface area contributed by atoms with E-state index in [1.807, 2.05) is 6.92 Å². The van der Waals surface area contributed by atoms with Crippen LogP contribution in [0.5, 0.6) is 11.5 Å². The maximum Gasteiger partial charge on any atom is 0.277 e. The molecule has 1 N–H and O–H groups in total. The van der Waals surface area contributed by atoms with Gasteiger partial charge in [-0.05, 0) is 43.5 Å². The van der Waals surface area contributed by atoms with E-state index in [0.717, 1.165) is 37.1 Å². The normalized spacial score (nSPS) is 11.1. The lowest BCUT2D eigenvalue weighted by Gasteiger charge is -2.07. The van der Waals surface area contributed by atoms with Gasteiger partial charge in [0.15, 0.2) is 6.61 Å². The Morgan fingerprint density at radius 2 is 1.86 bits per heavy atom. The summed E-state index contributed by atoms with van der Waals surface area (Å²) in [6, 6.07) is 7.08. The Hall–Kier alpha value is -2.04. The van der Waals surface area contributed by atoms with Crippen molar-refractivity contribution in [2.45, 2.75) is 39.5 Å². The zero-order valence-electron chi connectivity index (χ0n) is 13.0. The molecule has 0 fully saturated rings. The van der Waals surface area contributed by atoms with Gasteiger partial charge in [0, 0.05) is 5.71 Å². The van der Waals surface area contributed by atoms with E-state index in [1.54, 1.807) is 31.4 Å². The summed E-state index contributed by atoms with van der Waals surface area (Å²) in [5, 5.41) is 4.14. The fourth-order valence-corrected chi connectivity index (χ4v) is 1.69. The van der Waals surface area contributed by atoms with Crippen molar-refractivity contribution < 1.29 is 14.3 Å². The summed E-state index contributed by atoms with van der Waals surface area (Å²) in [5.41, 5.74) is 3.54. The van der Waals surface area contributed by atoms with Gasteiger partial charge in [0.25, 0.3) is 5.91 Å². The summed E-state index contributed by atoms with van der Waals surface area (Å²) in [5.74, 6) is 1.12. The molecule has 0 spiro atoms. The van der Waals surface area contributed by atoms with Crippen LogP contribution in [0.4, 0.5) is 0 Å². The fraction of sp³-hybridized carbons (Fsp3) is 0.500. The molecular formula is C16H24N2O3. The highest BCUT2D eigenvalue weighted by Crippen LogP contribution is 2.16. The van der Waals surface area contributed by atoms with Gasteiger partial charge in [0.1, 0.15) is 11.5 Å². The molecule has 0 aliphatic rings. The van der Waals surface area contributed by atoms with Crippen LogP contribution >= 0.6 is 0 Å². The number of carbonyl (C=O) groups excluding carboxylic acids is 1. The fourth-order valence-electron chi connectivity index (χ4n) is 1.69. The average Bonchev–Trinajstić information content (AvgIpc) is 2.53. The van der Waals surface area contributed by atoms with E-state index in [1.165, 1.54) is 0 Å². The van der Waals surface area contributed by atoms with Gasteiger partial charge in [-0.1, -0.05) is 20.3 Å². The summed E-state index contributed by atoms with van der Waals surface area (Å²) >= 11 is 0. The van der Waals surface area contributed by atoms with E-state index >= 15 is 0 Å². The van der Waals surface area contributed by atoms with Gasteiger partial charge in [-0.2, -0.15) is 5.10 Å². The van der Waals surface area contributed by atoms with Crippen LogP contribution < -0.4 is 14.9 Å². The van der Waals surface area contributed by atoms with Crippen molar-refractivity contribution in [2.75, 3.05) is 13.7 Å². The first-order valence-corrected chi connectivity index (χ1v) is 7.30. The molecule has 116 valence electrons. The highest BCUT2D eigenvalue weighted by molar-refractivity contribution is 5.86. The first-order chi connectivity index (χ1) is 10.2. The summed E-state index contributed by atoms with van der Waals surface area (Å²) in [7, 11) is 1.60. The molecule has 0 aromatic heterocycles. The molecule has 1 rings (SSSR count). The zero-order valence-corrected chi connectivity index (χ0v) is 13.0. The topological polar surface area (TPSA) is 59.9 Å². The van der Waals surface area contributed by atoms with Crippen LogP contribution in [0.3, 0.4) is 0 Å². The molecule has 0 heterocycles. The number of benzene rings is 1. The van der Waals surface area contributed by atoms with Gasteiger partial charge in [-0.3, -0.25) is 4.79 Å². The summed E-state index contributed by atoms with van der Waals surface area (Å²) < 4.78 is 10.4. The molecule has 0 aliphatic heterocycles. The standard InChI is InChI=1S/C16H24N2O3/c1-4-6-7-13(5-2)17-18-16(19)12-21-15-10-8-14(20-3)9-11-15/h8-11H,4-7,12H2,1-3H3,(H,18,19)/b17-13+. The molecule has 0 radical (unpaired) electrons. The Labute approximate surface area is 126 Å². The molecule has 21 heavy (non-hydrogen) atoms. The minimum atomic E-state index is -0.256. The summed E-state index contributed by atoms with van der Waals surface area (Å²) in [4.78, 5) is 11.7. The van der Waals surface area contributed by atoms with Gasteiger partial charge in [0.05, 0.1) is 7.11 Å². The molecule has 0 unspecified atom stereocenters. The average molecular weight is 292 g/mol. The van der Waals surface area contributed by atoms with Crippen LogP contribution in [0.15, 0.2) is 29.4 Å². The second kappa shape index (κ2) is 9.80. The van der Waals surface area contributed by atoms with Crippen LogP contribution in [0.1, 0.15) is 39.5 Å². The van der Waals surface area contributed by atoms with E-state index in [0.29, 0.717) is 5.75 Å². The van der Waals surface area contributed by atoms with Crippen molar-refractivity contribution in [3.8, 4) is 11.5 Å². The molecule has 1 aromatic rings. The first-order valence-electron chi connectivity index (χ1n) is 7.30. The SMILES string of the molecule is CCCC/C(CC)=N/NC(=O)COc1ccc(OC)cc1. The van der Waals surface area contributed by atoms with Gasteiger partial charge in [-0.25, -0.2) is 5.43 Å². The lowest BCUT2D eigenvalue weighted by molar-refractivity contribution is -0.123. The summed E-state index contributed by atoms with van der Waals surface area (Å²) in [6.07, 6.45) is 3.98. The van der Waals surface area contributed by atoms with Gasteiger partial charge < -0.3 is 9.47 Å². The molecule has 5 heteroatoms. The van der Waals surface area contributed by atoms with Crippen LogP contribution in [0.2, 0.25) is 0 Å². The number of hydrogen-bond acceptors (Lipinski definition) is 4. The number of unbranched alkanes of at least 4 members (excludes halogenated alkanes) is 1. The molecule has 0 aliphatic carbocycles. The number of rotatable bonds is 9. The third-order valence-corrected chi connectivity index (χ3v) is 3.00. The van der Waals surface area contributed by atoms with Gasteiger partial charge in [0.2, 0.25) is 0 Å². The molecule has 1 aromatic carbocycles. The monoisotopic (exact) mass is 292 g/mol. The maximum atomic E-state index is 11.7. The van der Waals surface area contributed by atoms with Crippen molar-refractivity contribution in [3.63, 3.8) is 0 Å². The second-order valence-electron chi connectivity index (χ2n) is 4.63. The van der Waals surface area contributed by atoms with Crippen molar-refractivity contribution >= 4 is 11.6 Å². The number of hydrogen-bond donors (Lipinski definition) is 1.